The van der Waals surface area contributed by atoms with Crippen LogP contribution in [0.15, 0.2) is 0 Å². The Hall–Kier alpha value is 0.217. The fourth-order valence-electron chi connectivity index (χ4n) is 2.17. The highest BCUT2D eigenvalue weighted by atomic mass is 28.1. The average Bonchev–Trinajstić information content (AvgIpc) is 2.06. The summed E-state index contributed by atoms with van der Waals surface area (Å²) in [5.41, 5.74) is 0. The van der Waals surface area contributed by atoms with Crippen molar-refractivity contribution >= 4 is 10.2 Å². The number of rotatable bonds is 2. The maximum Gasteiger partial charge on any atom is 0.0106 e. The van der Waals surface area contributed by atoms with E-state index in [1.54, 1.807) is 0 Å². The molecule has 0 aliphatic heterocycles. The van der Waals surface area contributed by atoms with Gasteiger partial charge in [0.2, 0.25) is 0 Å². The molecular weight excluding hydrogens is 148 g/mol. The maximum atomic E-state index is 2.50. The molecule has 0 nitrogen and oxygen atoms in total. The standard InChI is InChI=1S/C10H22Si/c1-3-10(2,11)9-7-5-4-6-8-9/h9H,3-8H2,1-2,11H3. The molecular formula is C10H22Si. The van der Waals surface area contributed by atoms with Gasteiger partial charge in [-0.05, 0) is 11.0 Å². The van der Waals surface area contributed by atoms with Crippen molar-refractivity contribution in [2.24, 2.45) is 5.92 Å². The molecule has 0 spiro atoms. The molecule has 1 aliphatic carbocycles. The van der Waals surface area contributed by atoms with Crippen molar-refractivity contribution in [2.75, 3.05) is 0 Å². The summed E-state index contributed by atoms with van der Waals surface area (Å²) in [6.07, 6.45) is 8.95. The Labute approximate surface area is 74.2 Å². The minimum absolute atomic E-state index is 0.750. The van der Waals surface area contributed by atoms with E-state index in [0.29, 0.717) is 0 Å². The molecule has 0 aromatic rings. The van der Waals surface area contributed by atoms with Crippen LogP contribution in [-0.2, 0) is 0 Å². The van der Waals surface area contributed by atoms with Crippen LogP contribution >= 0.6 is 0 Å². The topological polar surface area (TPSA) is 0 Å². The summed E-state index contributed by atoms with van der Waals surface area (Å²) >= 11 is 0. The van der Waals surface area contributed by atoms with Gasteiger partial charge in [-0.15, -0.1) is 0 Å². The Kier molecular flexibility index (Phi) is 3.17. The number of hydrogen-bond donors (Lipinski definition) is 0. The quantitative estimate of drug-likeness (QED) is 0.559. The first-order valence-corrected chi connectivity index (χ1v) is 6.17. The normalized spacial score (nSPS) is 26.7. The Bertz CT molecular complexity index is 112. The molecule has 1 rings (SSSR count). The van der Waals surface area contributed by atoms with Crippen molar-refractivity contribution in [3.8, 4) is 0 Å². The molecule has 0 aromatic heterocycles. The Morgan fingerprint density at radius 3 is 2.27 bits per heavy atom. The first-order valence-electron chi connectivity index (χ1n) is 5.17. The van der Waals surface area contributed by atoms with Crippen LogP contribution in [0.25, 0.3) is 0 Å². The molecule has 1 fully saturated rings. The SMILES string of the molecule is CCC(C)([SiH3])C1CCCCC1. The maximum absolute atomic E-state index is 2.50. The van der Waals surface area contributed by atoms with Crippen LogP contribution in [0.3, 0.4) is 0 Å². The van der Waals surface area contributed by atoms with Gasteiger partial charge in [-0.2, -0.15) is 0 Å². The van der Waals surface area contributed by atoms with E-state index in [1.807, 2.05) is 0 Å². The fourth-order valence-corrected chi connectivity index (χ4v) is 2.75. The lowest BCUT2D eigenvalue weighted by molar-refractivity contribution is 0.273. The van der Waals surface area contributed by atoms with Crippen molar-refractivity contribution in [1.29, 1.82) is 0 Å². The largest absolute Gasteiger partial charge is 0.0652 e. The summed E-state index contributed by atoms with van der Waals surface area (Å²) < 4.78 is 0. The van der Waals surface area contributed by atoms with Gasteiger partial charge in [-0.1, -0.05) is 52.4 Å². The molecule has 0 N–H and O–H groups in total. The molecule has 1 aliphatic rings. The zero-order chi connectivity index (χ0) is 8.32. The minimum Gasteiger partial charge on any atom is -0.0652 e. The van der Waals surface area contributed by atoms with E-state index in [4.69, 9.17) is 0 Å². The second kappa shape index (κ2) is 3.75. The lowest BCUT2D eigenvalue weighted by atomic mass is 9.79. The van der Waals surface area contributed by atoms with Crippen LogP contribution in [0.1, 0.15) is 52.4 Å². The van der Waals surface area contributed by atoms with Crippen LogP contribution in [0.4, 0.5) is 0 Å². The van der Waals surface area contributed by atoms with Crippen molar-refractivity contribution in [1.82, 2.24) is 0 Å². The van der Waals surface area contributed by atoms with Gasteiger partial charge in [-0.3, -0.25) is 0 Å². The highest BCUT2D eigenvalue weighted by Crippen LogP contribution is 2.43. The second-order valence-corrected chi connectivity index (χ2v) is 6.96. The fraction of sp³-hybridized carbons (Fsp3) is 1.00. The van der Waals surface area contributed by atoms with Crippen molar-refractivity contribution in [3.63, 3.8) is 0 Å². The van der Waals surface area contributed by atoms with Crippen LogP contribution in [-0.4, -0.2) is 10.2 Å². The predicted molar refractivity (Wildman–Crippen MR) is 55.2 cm³/mol. The van der Waals surface area contributed by atoms with E-state index >= 15 is 0 Å². The summed E-state index contributed by atoms with van der Waals surface area (Å²) in [5, 5.41) is 0.750. The zero-order valence-corrected chi connectivity index (χ0v) is 10.3. The summed E-state index contributed by atoms with van der Waals surface area (Å²) in [6.45, 7) is 4.86. The Morgan fingerprint density at radius 2 is 1.82 bits per heavy atom. The minimum atomic E-state index is 0.750. The Balaban J connectivity index is 2.43. The van der Waals surface area contributed by atoms with Gasteiger partial charge in [0.15, 0.2) is 0 Å². The van der Waals surface area contributed by atoms with E-state index in [9.17, 15) is 0 Å². The van der Waals surface area contributed by atoms with Gasteiger partial charge in [0, 0.05) is 10.2 Å². The van der Waals surface area contributed by atoms with Crippen LogP contribution in [0.2, 0.25) is 5.04 Å². The zero-order valence-electron chi connectivity index (χ0n) is 8.32. The molecule has 66 valence electrons. The molecule has 1 atom stereocenters. The highest BCUT2D eigenvalue weighted by Gasteiger charge is 2.28. The van der Waals surface area contributed by atoms with Crippen LogP contribution in [0.5, 0.6) is 0 Å². The van der Waals surface area contributed by atoms with Crippen molar-refractivity contribution in [3.05, 3.63) is 0 Å². The first-order chi connectivity index (χ1) is 5.17. The van der Waals surface area contributed by atoms with E-state index in [1.165, 1.54) is 48.8 Å². The number of hydrogen-bond acceptors (Lipinski definition) is 0. The van der Waals surface area contributed by atoms with Gasteiger partial charge in [0.05, 0.1) is 0 Å². The van der Waals surface area contributed by atoms with Crippen molar-refractivity contribution in [2.45, 2.75) is 57.4 Å². The van der Waals surface area contributed by atoms with Crippen LogP contribution < -0.4 is 0 Å². The lowest BCUT2D eigenvalue weighted by Gasteiger charge is -2.36. The van der Waals surface area contributed by atoms with Gasteiger partial charge < -0.3 is 0 Å². The third-order valence-corrected chi connectivity index (χ3v) is 5.15. The summed E-state index contributed by atoms with van der Waals surface area (Å²) in [4.78, 5) is 0. The highest BCUT2D eigenvalue weighted by molar-refractivity contribution is 6.15. The second-order valence-electron chi connectivity index (χ2n) is 4.68. The molecule has 1 unspecified atom stereocenters. The third kappa shape index (κ3) is 2.33. The van der Waals surface area contributed by atoms with E-state index in [2.05, 4.69) is 13.8 Å². The monoisotopic (exact) mass is 170 g/mol. The average molecular weight is 170 g/mol. The van der Waals surface area contributed by atoms with Crippen LogP contribution in [0, 0.1) is 5.92 Å². The van der Waals surface area contributed by atoms with Gasteiger partial charge in [-0.25, -0.2) is 0 Å². The lowest BCUT2D eigenvalue weighted by Crippen LogP contribution is -2.22. The predicted octanol–water partition coefficient (Wildman–Crippen LogP) is 2.52. The van der Waals surface area contributed by atoms with Gasteiger partial charge in [0.25, 0.3) is 0 Å². The molecule has 0 heterocycles. The first kappa shape index (κ1) is 9.31. The molecule has 0 amide bonds. The van der Waals surface area contributed by atoms with E-state index in [-0.39, 0.29) is 0 Å². The molecule has 0 saturated heterocycles. The van der Waals surface area contributed by atoms with E-state index < -0.39 is 0 Å². The van der Waals surface area contributed by atoms with Crippen molar-refractivity contribution < 1.29 is 0 Å². The molecule has 0 bridgehead atoms. The van der Waals surface area contributed by atoms with Gasteiger partial charge in [0.1, 0.15) is 0 Å². The van der Waals surface area contributed by atoms with Gasteiger partial charge >= 0.3 is 0 Å². The smallest absolute Gasteiger partial charge is 0.0106 e. The molecule has 0 aromatic carbocycles. The Morgan fingerprint density at radius 1 is 1.27 bits per heavy atom. The summed E-state index contributed by atoms with van der Waals surface area (Å²) in [5.74, 6) is 1.08. The summed E-state index contributed by atoms with van der Waals surface area (Å²) in [7, 11) is 1.39. The molecule has 0 radical (unpaired) electrons. The molecule has 1 saturated carbocycles. The summed E-state index contributed by atoms with van der Waals surface area (Å²) in [6, 6.07) is 0. The van der Waals surface area contributed by atoms with E-state index in [0.717, 1.165) is 11.0 Å². The third-order valence-electron chi connectivity index (χ3n) is 3.62. The molecule has 11 heavy (non-hydrogen) atoms. The molecule has 1 heteroatoms.